The monoisotopic (exact) mass is 679 g/mol. The third-order valence-corrected chi connectivity index (χ3v) is 15.7. The van der Waals surface area contributed by atoms with Gasteiger partial charge in [-0.1, -0.05) is 120 Å². The number of hydrogen-bond acceptors (Lipinski definition) is 1. The second kappa shape index (κ2) is 10.3. The quantitative estimate of drug-likeness (QED) is 0.183. The van der Waals surface area contributed by atoms with Crippen molar-refractivity contribution >= 4 is 17.1 Å². The molecule has 52 heavy (non-hydrogen) atoms. The van der Waals surface area contributed by atoms with E-state index in [1.807, 2.05) is 0 Å². The Labute approximate surface area is 311 Å². The van der Waals surface area contributed by atoms with E-state index < -0.39 is 0 Å². The van der Waals surface area contributed by atoms with Crippen molar-refractivity contribution in [2.45, 2.75) is 108 Å². The predicted octanol–water partition coefficient (Wildman–Crippen LogP) is 13.5. The summed E-state index contributed by atoms with van der Waals surface area (Å²) in [6, 6.07) is 40.9. The van der Waals surface area contributed by atoms with Crippen molar-refractivity contribution < 1.29 is 0 Å². The number of rotatable bonds is 3. The molecule has 262 valence electrons. The molecule has 5 aromatic rings. The molecule has 1 heteroatoms. The lowest BCUT2D eigenvalue weighted by atomic mass is 9.43. The predicted molar refractivity (Wildman–Crippen MR) is 217 cm³/mol. The van der Waals surface area contributed by atoms with Crippen LogP contribution in [0.4, 0.5) is 17.1 Å². The number of nitrogens with zero attached hydrogens (tertiary/aromatic N) is 1. The molecule has 0 radical (unpaired) electrons. The van der Waals surface area contributed by atoms with Crippen molar-refractivity contribution in [2.75, 3.05) is 4.90 Å². The standard InChI is InChI=1S/C51H53N/c1-48(2)23-24-49(3,4)47-42(48)18-12-20-45(47)52(44-19-11-15-39-37-14-7-9-16-40(37)50(5,6)46(39)44)35-21-22-38-36-13-8-10-17-41(36)51(43(38)30-35)33-26-31-25-32(28-33)29-34(51)27-31/h7-22,30-34H,23-29H2,1-6H3. The maximum Gasteiger partial charge on any atom is 0.0508 e. The maximum absolute atomic E-state index is 2.74. The van der Waals surface area contributed by atoms with Gasteiger partial charge in [0.25, 0.3) is 0 Å². The van der Waals surface area contributed by atoms with Crippen LogP contribution >= 0.6 is 0 Å². The van der Waals surface area contributed by atoms with Crippen molar-refractivity contribution in [3.05, 3.63) is 137 Å². The molecule has 4 fully saturated rings. The molecule has 7 aliphatic carbocycles. The van der Waals surface area contributed by atoms with Crippen LogP contribution in [0.2, 0.25) is 0 Å². The van der Waals surface area contributed by atoms with Crippen molar-refractivity contribution in [1.82, 2.24) is 0 Å². The van der Waals surface area contributed by atoms with Crippen LogP contribution in [-0.2, 0) is 21.7 Å². The summed E-state index contributed by atoms with van der Waals surface area (Å²) >= 11 is 0. The number of benzene rings is 5. The van der Waals surface area contributed by atoms with Crippen molar-refractivity contribution in [3.63, 3.8) is 0 Å². The molecule has 0 atom stereocenters. The van der Waals surface area contributed by atoms with E-state index in [1.54, 1.807) is 11.1 Å². The average molecular weight is 680 g/mol. The molecule has 7 aliphatic rings. The van der Waals surface area contributed by atoms with E-state index in [0.29, 0.717) is 0 Å². The molecule has 12 rings (SSSR count). The first-order valence-electron chi connectivity index (χ1n) is 20.4. The zero-order valence-corrected chi connectivity index (χ0v) is 32.0. The van der Waals surface area contributed by atoms with Gasteiger partial charge in [-0.15, -0.1) is 0 Å². The molecule has 1 nitrogen and oxygen atoms in total. The lowest BCUT2D eigenvalue weighted by molar-refractivity contribution is -0.0399. The minimum Gasteiger partial charge on any atom is -0.310 e. The third kappa shape index (κ3) is 3.91. The topological polar surface area (TPSA) is 3.24 Å². The Balaban J connectivity index is 1.20. The second-order valence-corrected chi connectivity index (χ2v) is 19.6. The van der Waals surface area contributed by atoms with Gasteiger partial charge in [-0.05, 0) is 159 Å². The minimum atomic E-state index is -0.125. The van der Waals surface area contributed by atoms with Crippen LogP contribution in [-0.4, -0.2) is 0 Å². The third-order valence-electron chi connectivity index (χ3n) is 15.7. The highest BCUT2D eigenvalue weighted by Gasteiger charge is 2.61. The Kier molecular flexibility index (Phi) is 6.23. The molecule has 0 N–H and O–H groups in total. The highest BCUT2D eigenvalue weighted by Crippen LogP contribution is 2.70. The van der Waals surface area contributed by atoms with Crippen molar-refractivity contribution in [1.29, 1.82) is 0 Å². The molecular formula is C51H53N. The average Bonchev–Trinajstić information content (AvgIpc) is 3.55. The van der Waals surface area contributed by atoms with Crippen LogP contribution in [0.15, 0.2) is 103 Å². The molecule has 4 saturated carbocycles. The summed E-state index contributed by atoms with van der Waals surface area (Å²) in [4.78, 5) is 2.74. The molecular weight excluding hydrogens is 627 g/mol. The molecule has 0 aliphatic heterocycles. The smallest absolute Gasteiger partial charge is 0.0508 e. The number of anilines is 3. The van der Waals surface area contributed by atoms with Gasteiger partial charge >= 0.3 is 0 Å². The first-order valence-corrected chi connectivity index (χ1v) is 20.4. The van der Waals surface area contributed by atoms with Gasteiger partial charge < -0.3 is 4.90 Å². The first kappa shape index (κ1) is 31.4. The largest absolute Gasteiger partial charge is 0.310 e. The molecule has 1 spiro atoms. The summed E-state index contributed by atoms with van der Waals surface area (Å²) < 4.78 is 0. The van der Waals surface area contributed by atoms with Gasteiger partial charge in [0.2, 0.25) is 0 Å². The van der Waals surface area contributed by atoms with Gasteiger partial charge in [0, 0.05) is 16.5 Å². The minimum absolute atomic E-state index is 0.0612. The van der Waals surface area contributed by atoms with E-state index in [0.717, 1.165) is 23.7 Å². The lowest BCUT2D eigenvalue weighted by Gasteiger charge is -2.61. The Hall–Kier alpha value is -4.10. The number of fused-ring (bicyclic) bond motifs is 7. The summed E-state index contributed by atoms with van der Waals surface area (Å²) in [5.74, 6) is 3.35. The van der Waals surface area contributed by atoms with E-state index >= 15 is 0 Å². The van der Waals surface area contributed by atoms with Crippen LogP contribution in [0.3, 0.4) is 0 Å². The zero-order chi connectivity index (χ0) is 35.4. The van der Waals surface area contributed by atoms with Gasteiger partial charge in [-0.2, -0.15) is 0 Å². The maximum atomic E-state index is 2.74. The van der Waals surface area contributed by atoms with Gasteiger partial charge in [-0.3, -0.25) is 0 Å². The SMILES string of the molecule is CC1(C)CCC(C)(C)c2c(N(c3ccc4c(c3)C3(c5ccccc5-4)C4CC5CC(C4)CC3C5)c3cccc4c3C(C)(C)c3ccccc3-4)cccc21. The molecule has 0 heterocycles. The summed E-state index contributed by atoms with van der Waals surface area (Å²) in [5.41, 5.74) is 19.2. The molecule has 4 bridgehead atoms. The van der Waals surface area contributed by atoms with Crippen molar-refractivity contribution in [2.24, 2.45) is 23.7 Å². The second-order valence-electron chi connectivity index (χ2n) is 19.6. The fourth-order valence-electron chi connectivity index (χ4n) is 13.6. The Morgan fingerprint density at radius 2 is 1.00 bits per heavy atom. The van der Waals surface area contributed by atoms with Gasteiger partial charge in [-0.25, -0.2) is 0 Å². The molecule has 0 unspecified atom stereocenters. The van der Waals surface area contributed by atoms with Crippen LogP contribution in [0.5, 0.6) is 0 Å². The van der Waals surface area contributed by atoms with E-state index in [-0.39, 0.29) is 21.7 Å². The van der Waals surface area contributed by atoms with Crippen LogP contribution in [0.1, 0.15) is 120 Å². The highest BCUT2D eigenvalue weighted by molar-refractivity contribution is 5.93. The fraction of sp³-hybridized carbons (Fsp3) is 0.412. The van der Waals surface area contributed by atoms with Crippen molar-refractivity contribution in [3.8, 4) is 22.3 Å². The summed E-state index contributed by atoms with van der Waals surface area (Å²) in [5, 5.41) is 0. The van der Waals surface area contributed by atoms with Gasteiger partial charge in [0.15, 0.2) is 0 Å². The van der Waals surface area contributed by atoms with Crippen LogP contribution in [0.25, 0.3) is 22.3 Å². The summed E-state index contributed by atoms with van der Waals surface area (Å²) in [7, 11) is 0. The summed E-state index contributed by atoms with van der Waals surface area (Å²) in [6.45, 7) is 14.9. The molecule has 0 amide bonds. The molecule has 0 saturated heterocycles. The zero-order valence-electron chi connectivity index (χ0n) is 32.0. The first-order chi connectivity index (χ1) is 25.0. The van der Waals surface area contributed by atoms with E-state index in [1.165, 1.54) is 107 Å². The molecule has 5 aromatic carbocycles. The van der Waals surface area contributed by atoms with Crippen LogP contribution < -0.4 is 4.90 Å². The fourth-order valence-corrected chi connectivity index (χ4v) is 13.6. The molecule has 0 aromatic heterocycles. The highest BCUT2D eigenvalue weighted by atomic mass is 15.2. The van der Waals surface area contributed by atoms with E-state index in [2.05, 4.69) is 150 Å². The lowest BCUT2D eigenvalue weighted by Crippen LogP contribution is -2.55. The van der Waals surface area contributed by atoms with Gasteiger partial charge in [0.1, 0.15) is 0 Å². The Bertz CT molecular complexity index is 2290. The summed E-state index contributed by atoms with van der Waals surface area (Å²) in [6.07, 6.45) is 9.51. The number of hydrogen-bond donors (Lipinski definition) is 0. The van der Waals surface area contributed by atoms with Crippen LogP contribution in [0, 0.1) is 23.7 Å². The Morgan fingerprint density at radius 1 is 0.462 bits per heavy atom. The normalized spacial score (nSPS) is 28.6. The van der Waals surface area contributed by atoms with E-state index in [4.69, 9.17) is 0 Å². The van der Waals surface area contributed by atoms with Gasteiger partial charge in [0.05, 0.1) is 11.4 Å². The Morgan fingerprint density at radius 3 is 1.71 bits per heavy atom. The van der Waals surface area contributed by atoms with E-state index in [9.17, 15) is 0 Å².